The molecule has 0 saturated heterocycles. The Balaban J connectivity index is 1.51. The van der Waals surface area contributed by atoms with Crippen molar-refractivity contribution in [3.63, 3.8) is 0 Å². The van der Waals surface area contributed by atoms with Crippen molar-refractivity contribution < 1.29 is 13.9 Å². The van der Waals surface area contributed by atoms with E-state index >= 15 is 0 Å². The van der Waals surface area contributed by atoms with Gasteiger partial charge < -0.3 is 14.5 Å². The average Bonchev–Trinajstić information content (AvgIpc) is 3.00. The Kier molecular flexibility index (Phi) is 5.36. The third kappa shape index (κ3) is 4.18. The summed E-state index contributed by atoms with van der Waals surface area (Å²) in [5, 5.41) is 3.07. The Morgan fingerprint density at radius 2 is 2.04 bits per heavy atom. The summed E-state index contributed by atoms with van der Waals surface area (Å²) in [5.41, 5.74) is 1.56. The molecule has 134 valence electrons. The van der Waals surface area contributed by atoms with Crippen LogP contribution in [-0.2, 0) is 6.42 Å². The predicted octanol–water partition coefficient (Wildman–Crippen LogP) is 3.37. The zero-order valence-electron chi connectivity index (χ0n) is 15.0. The molecule has 0 radical (unpaired) electrons. The van der Waals surface area contributed by atoms with Crippen molar-refractivity contribution in [1.82, 2.24) is 15.3 Å². The number of carbonyl (C=O) groups excluding carboxylic acids is 1. The monoisotopic (exact) mass is 343 g/mol. The lowest BCUT2D eigenvalue weighted by atomic mass is 9.93. The number of aryl methyl sites for hydroxylation is 3. The quantitative estimate of drug-likeness (QED) is 0.900. The van der Waals surface area contributed by atoms with Gasteiger partial charge in [-0.3, -0.25) is 9.78 Å². The molecule has 1 aliphatic rings. The van der Waals surface area contributed by atoms with Crippen molar-refractivity contribution >= 4 is 5.91 Å². The molecule has 2 aromatic heterocycles. The molecule has 1 N–H and O–H groups in total. The molecule has 0 aromatic carbocycles. The van der Waals surface area contributed by atoms with Gasteiger partial charge in [-0.1, -0.05) is 6.92 Å². The molecule has 0 spiro atoms. The summed E-state index contributed by atoms with van der Waals surface area (Å²) < 4.78 is 11.6. The van der Waals surface area contributed by atoms with Gasteiger partial charge in [-0.05, 0) is 51.7 Å². The molecule has 1 saturated carbocycles. The average molecular weight is 343 g/mol. The van der Waals surface area contributed by atoms with E-state index in [1.165, 1.54) is 0 Å². The van der Waals surface area contributed by atoms with E-state index in [0.29, 0.717) is 23.8 Å². The maximum atomic E-state index is 12.4. The van der Waals surface area contributed by atoms with Crippen LogP contribution in [0.2, 0.25) is 0 Å². The molecule has 0 atom stereocenters. The number of ether oxygens (including phenoxy) is 1. The predicted molar refractivity (Wildman–Crippen MR) is 93.7 cm³/mol. The van der Waals surface area contributed by atoms with Crippen LogP contribution < -0.4 is 10.1 Å². The minimum atomic E-state index is -0.169. The van der Waals surface area contributed by atoms with Crippen molar-refractivity contribution in [1.29, 1.82) is 0 Å². The van der Waals surface area contributed by atoms with E-state index in [-0.39, 0.29) is 18.1 Å². The second kappa shape index (κ2) is 7.68. The molecule has 1 fully saturated rings. The van der Waals surface area contributed by atoms with E-state index in [4.69, 9.17) is 9.15 Å². The molecule has 3 rings (SSSR count). The summed E-state index contributed by atoms with van der Waals surface area (Å²) in [7, 11) is 0. The van der Waals surface area contributed by atoms with E-state index in [0.717, 1.165) is 37.1 Å². The first-order valence-corrected chi connectivity index (χ1v) is 8.92. The van der Waals surface area contributed by atoms with E-state index in [9.17, 15) is 4.79 Å². The number of hydrogen-bond acceptors (Lipinski definition) is 5. The van der Waals surface area contributed by atoms with Crippen LogP contribution in [-0.4, -0.2) is 28.0 Å². The Morgan fingerprint density at radius 3 is 2.68 bits per heavy atom. The first-order chi connectivity index (χ1) is 12.1. The van der Waals surface area contributed by atoms with Crippen molar-refractivity contribution in [2.75, 3.05) is 0 Å². The highest BCUT2D eigenvalue weighted by atomic mass is 16.5. The lowest BCUT2D eigenvalue weighted by molar-refractivity contribution is 0.0864. The standard InChI is InChI=1S/C19H25N3O3/c1-4-17-21-13(3)18(25-17)19(23)22-14-7-9-15(10-8-14)24-16-6-5-11-20-12(16)2/h5-6,11,14-15H,4,7-10H2,1-3H3,(H,22,23). The number of nitrogens with one attached hydrogen (secondary N) is 1. The second-order valence-electron chi connectivity index (χ2n) is 6.53. The Bertz CT molecular complexity index is 733. The summed E-state index contributed by atoms with van der Waals surface area (Å²) in [4.78, 5) is 20.9. The smallest absolute Gasteiger partial charge is 0.289 e. The van der Waals surface area contributed by atoms with Gasteiger partial charge in [0.1, 0.15) is 5.75 Å². The van der Waals surface area contributed by atoms with Gasteiger partial charge >= 0.3 is 0 Å². The Hall–Kier alpha value is -2.37. The molecular formula is C19H25N3O3. The van der Waals surface area contributed by atoms with Crippen LogP contribution in [0.4, 0.5) is 0 Å². The van der Waals surface area contributed by atoms with Crippen LogP contribution in [0.15, 0.2) is 22.7 Å². The van der Waals surface area contributed by atoms with E-state index < -0.39 is 0 Å². The summed E-state index contributed by atoms with van der Waals surface area (Å²) in [6.45, 7) is 5.71. The van der Waals surface area contributed by atoms with E-state index in [2.05, 4.69) is 15.3 Å². The SMILES string of the molecule is CCc1nc(C)c(C(=O)NC2CCC(Oc3cccnc3C)CC2)o1. The molecule has 1 aliphatic carbocycles. The molecule has 6 nitrogen and oxygen atoms in total. The number of carbonyl (C=O) groups is 1. The molecule has 2 aromatic rings. The van der Waals surface area contributed by atoms with Gasteiger partial charge in [0.25, 0.3) is 5.91 Å². The highest BCUT2D eigenvalue weighted by Gasteiger charge is 2.26. The maximum Gasteiger partial charge on any atom is 0.289 e. The molecule has 6 heteroatoms. The van der Waals surface area contributed by atoms with Crippen molar-refractivity contribution in [3.8, 4) is 5.75 Å². The maximum absolute atomic E-state index is 12.4. The number of hydrogen-bond donors (Lipinski definition) is 1. The van der Waals surface area contributed by atoms with Gasteiger partial charge in [-0.25, -0.2) is 4.98 Å². The number of rotatable bonds is 5. The van der Waals surface area contributed by atoms with E-state index in [1.54, 1.807) is 13.1 Å². The fourth-order valence-corrected chi connectivity index (χ4v) is 3.16. The molecule has 0 bridgehead atoms. The third-order valence-corrected chi connectivity index (χ3v) is 4.61. The molecular weight excluding hydrogens is 318 g/mol. The first-order valence-electron chi connectivity index (χ1n) is 8.92. The molecule has 25 heavy (non-hydrogen) atoms. The van der Waals surface area contributed by atoms with Gasteiger partial charge in [0.2, 0.25) is 5.76 Å². The zero-order chi connectivity index (χ0) is 17.8. The lowest BCUT2D eigenvalue weighted by Crippen LogP contribution is -2.39. The van der Waals surface area contributed by atoms with Crippen LogP contribution in [0.1, 0.15) is 60.4 Å². The second-order valence-corrected chi connectivity index (χ2v) is 6.53. The number of amides is 1. The minimum absolute atomic E-state index is 0.150. The molecule has 0 aliphatic heterocycles. The van der Waals surface area contributed by atoms with E-state index in [1.807, 2.05) is 26.0 Å². The molecule has 2 heterocycles. The molecule has 0 unspecified atom stereocenters. The van der Waals surface area contributed by atoms with Crippen molar-refractivity contribution in [2.45, 2.75) is 65.0 Å². The van der Waals surface area contributed by atoms with Crippen LogP contribution in [0.25, 0.3) is 0 Å². The first kappa shape index (κ1) is 17.5. The number of oxazole rings is 1. The van der Waals surface area contributed by atoms with Crippen LogP contribution in [0.3, 0.4) is 0 Å². The van der Waals surface area contributed by atoms with Gasteiger partial charge in [0, 0.05) is 18.7 Å². The van der Waals surface area contributed by atoms with Crippen molar-refractivity contribution in [3.05, 3.63) is 41.4 Å². The number of pyridine rings is 1. The van der Waals surface area contributed by atoms with Gasteiger partial charge in [-0.2, -0.15) is 0 Å². The van der Waals surface area contributed by atoms with Crippen LogP contribution in [0, 0.1) is 13.8 Å². The van der Waals surface area contributed by atoms with Crippen molar-refractivity contribution in [2.24, 2.45) is 0 Å². The Labute approximate surface area is 148 Å². The van der Waals surface area contributed by atoms with Crippen LogP contribution in [0.5, 0.6) is 5.75 Å². The van der Waals surface area contributed by atoms with Crippen LogP contribution >= 0.6 is 0 Å². The molecule has 1 amide bonds. The highest BCUT2D eigenvalue weighted by molar-refractivity contribution is 5.92. The topological polar surface area (TPSA) is 77.2 Å². The summed E-state index contributed by atoms with van der Waals surface area (Å²) in [6, 6.07) is 3.99. The summed E-state index contributed by atoms with van der Waals surface area (Å²) >= 11 is 0. The highest BCUT2D eigenvalue weighted by Crippen LogP contribution is 2.25. The van der Waals surface area contributed by atoms with Gasteiger partial charge in [-0.15, -0.1) is 0 Å². The summed E-state index contributed by atoms with van der Waals surface area (Å²) in [6.07, 6.45) is 6.24. The fourth-order valence-electron chi connectivity index (χ4n) is 3.16. The third-order valence-electron chi connectivity index (χ3n) is 4.61. The summed E-state index contributed by atoms with van der Waals surface area (Å²) in [5.74, 6) is 1.62. The largest absolute Gasteiger partial charge is 0.489 e. The number of nitrogens with zero attached hydrogens (tertiary/aromatic N) is 2. The normalized spacial score (nSPS) is 20.3. The van der Waals surface area contributed by atoms with Gasteiger partial charge in [0.15, 0.2) is 5.89 Å². The fraction of sp³-hybridized carbons (Fsp3) is 0.526. The van der Waals surface area contributed by atoms with Gasteiger partial charge in [0.05, 0.1) is 17.5 Å². The number of aromatic nitrogens is 2. The Morgan fingerprint density at radius 1 is 1.28 bits per heavy atom. The lowest BCUT2D eigenvalue weighted by Gasteiger charge is -2.29. The minimum Gasteiger partial charge on any atom is -0.489 e. The zero-order valence-corrected chi connectivity index (χ0v) is 15.0.